The number of aryl methyl sites for hydroxylation is 1. The van der Waals surface area contributed by atoms with Crippen LogP contribution in [0.25, 0.3) is 11.0 Å². The number of nitrogens with zero attached hydrogens (tertiary/aromatic N) is 4. The maximum Gasteiger partial charge on any atom is 0.273 e. The molecule has 0 N–H and O–H groups in total. The molecule has 0 aliphatic heterocycles. The van der Waals surface area contributed by atoms with Crippen molar-refractivity contribution in [2.45, 2.75) is 13.1 Å². The third-order valence-electron chi connectivity index (χ3n) is 3.97. The monoisotopic (exact) mass is 318 g/mol. The summed E-state index contributed by atoms with van der Waals surface area (Å²) in [6.45, 7) is 1.19. The van der Waals surface area contributed by atoms with E-state index in [0.29, 0.717) is 18.8 Å². The molecule has 0 bridgehead atoms. The van der Waals surface area contributed by atoms with Gasteiger partial charge in [-0.25, -0.2) is 4.98 Å². The van der Waals surface area contributed by atoms with Crippen LogP contribution in [0.2, 0.25) is 0 Å². The van der Waals surface area contributed by atoms with E-state index in [9.17, 15) is 4.79 Å². The van der Waals surface area contributed by atoms with Crippen molar-refractivity contribution in [3.8, 4) is 6.07 Å². The van der Waals surface area contributed by atoms with Crippen LogP contribution in [0, 0.1) is 11.3 Å². The second kappa shape index (κ2) is 7.07. The summed E-state index contributed by atoms with van der Waals surface area (Å²) in [6.07, 6.45) is 0. The molecule has 0 aliphatic rings. The first-order valence-electron chi connectivity index (χ1n) is 7.77. The Labute approximate surface area is 140 Å². The van der Waals surface area contributed by atoms with Gasteiger partial charge in [0.05, 0.1) is 23.6 Å². The standard InChI is InChI=1S/C19H18N4O/c1-22-18-10-6-5-9-16(18)21-17(19(22)24)14-23(12-11-20)13-15-7-3-2-4-8-15/h2-10H,12-14H2,1H3. The lowest BCUT2D eigenvalue weighted by atomic mass is 10.2. The predicted octanol–water partition coefficient (Wildman–Crippen LogP) is 2.46. The van der Waals surface area contributed by atoms with Crippen LogP contribution in [0.15, 0.2) is 59.4 Å². The molecule has 0 saturated heterocycles. The zero-order chi connectivity index (χ0) is 16.9. The highest BCUT2D eigenvalue weighted by Crippen LogP contribution is 2.11. The second-order valence-electron chi connectivity index (χ2n) is 5.70. The summed E-state index contributed by atoms with van der Waals surface area (Å²) in [6, 6.07) is 19.6. The van der Waals surface area contributed by atoms with Gasteiger partial charge in [0.15, 0.2) is 0 Å². The Morgan fingerprint density at radius 2 is 1.79 bits per heavy atom. The van der Waals surface area contributed by atoms with Gasteiger partial charge in [-0.2, -0.15) is 5.26 Å². The molecule has 24 heavy (non-hydrogen) atoms. The van der Waals surface area contributed by atoms with Crippen LogP contribution in [0.1, 0.15) is 11.3 Å². The van der Waals surface area contributed by atoms with Crippen LogP contribution < -0.4 is 5.56 Å². The Morgan fingerprint density at radius 1 is 1.08 bits per heavy atom. The zero-order valence-electron chi connectivity index (χ0n) is 13.5. The number of fused-ring (bicyclic) bond motifs is 1. The van der Waals surface area contributed by atoms with Gasteiger partial charge in [0.2, 0.25) is 0 Å². The first-order valence-corrected chi connectivity index (χ1v) is 7.77. The van der Waals surface area contributed by atoms with Crippen LogP contribution in [-0.2, 0) is 20.1 Å². The van der Waals surface area contributed by atoms with Gasteiger partial charge in [-0.1, -0.05) is 42.5 Å². The summed E-state index contributed by atoms with van der Waals surface area (Å²) in [5, 5.41) is 9.09. The first-order chi connectivity index (χ1) is 11.7. The average molecular weight is 318 g/mol. The van der Waals surface area contributed by atoms with E-state index in [4.69, 9.17) is 5.26 Å². The fraction of sp³-hybridized carbons (Fsp3) is 0.211. The fourth-order valence-electron chi connectivity index (χ4n) is 2.76. The molecule has 3 aromatic rings. The van der Waals surface area contributed by atoms with Crippen molar-refractivity contribution in [1.29, 1.82) is 5.26 Å². The Hall–Kier alpha value is -2.97. The highest BCUT2D eigenvalue weighted by atomic mass is 16.1. The minimum atomic E-state index is -0.121. The van der Waals surface area contributed by atoms with Crippen molar-refractivity contribution in [3.63, 3.8) is 0 Å². The summed E-state index contributed by atoms with van der Waals surface area (Å²) >= 11 is 0. The number of rotatable bonds is 5. The third-order valence-corrected chi connectivity index (χ3v) is 3.97. The van der Waals surface area contributed by atoms with Crippen LogP contribution >= 0.6 is 0 Å². The Balaban J connectivity index is 1.92. The van der Waals surface area contributed by atoms with Crippen molar-refractivity contribution >= 4 is 11.0 Å². The largest absolute Gasteiger partial charge is 0.308 e. The lowest BCUT2D eigenvalue weighted by Gasteiger charge is -2.19. The molecule has 1 heterocycles. The molecule has 120 valence electrons. The number of benzene rings is 2. The number of nitriles is 1. The average Bonchev–Trinajstić information content (AvgIpc) is 2.60. The van der Waals surface area contributed by atoms with Gasteiger partial charge in [0.25, 0.3) is 5.56 Å². The van der Waals surface area contributed by atoms with Gasteiger partial charge in [-0.15, -0.1) is 0 Å². The van der Waals surface area contributed by atoms with Crippen molar-refractivity contribution in [2.75, 3.05) is 6.54 Å². The summed E-state index contributed by atoms with van der Waals surface area (Å²) in [5.74, 6) is 0. The molecule has 2 aromatic carbocycles. The molecule has 0 amide bonds. The number of aromatic nitrogens is 2. The lowest BCUT2D eigenvalue weighted by Crippen LogP contribution is -2.30. The first kappa shape index (κ1) is 15.9. The van der Waals surface area contributed by atoms with Crippen LogP contribution in [0.5, 0.6) is 0 Å². The fourth-order valence-corrected chi connectivity index (χ4v) is 2.76. The quantitative estimate of drug-likeness (QED) is 0.678. The Kier molecular flexibility index (Phi) is 4.69. The number of hydrogen-bond acceptors (Lipinski definition) is 4. The van der Waals surface area contributed by atoms with E-state index in [-0.39, 0.29) is 12.1 Å². The van der Waals surface area contributed by atoms with Crippen molar-refractivity contribution in [2.24, 2.45) is 7.05 Å². The maximum atomic E-state index is 12.6. The molecule has 3 rings (SSSR count). The van der Waals surface area contributed by atoms with E-state index in [1.807, 2.05) is 59.5 Å². The van der Waals surface area contributed by atoms with Gasteiger partial charge in [-0.05, 0) is 17.7 Å². The van der Waals surface area contributed by atoms with Gasteiger partial charge >= 0.3 is 0 Å². The normalized spacial score (nSPS) is 10.9. The summed E-state index contributed by atoms with van der Waals surface area (Å²) < 4.78 is 1.62. The zero-order valence-corrected chi connectivity index (χ0v) is 13.5. The molecule has 0 unspecified atom stereocenters. The van der Waals surface area contributed by atoms with Gasteiger partial charge < -0.3 is 4.57 Å². The summed E-state index contributed by atoms with van der Waals surface area (Å²) in [5.41, 5.74) is 3.03. The summed E-state index contributed by atoms with van der Waals surface area (Å²) in [4.78, 5) is 19.0. The molecular formula is C19H18N4O. The summed E-state index contributed by atoms with van der Waals surface area (Å²) in [7, 11) is 1.75. The predicted molar refractivity (Wildman–Crippen MR) is 93.2 cm³/mol. The lowest BCUT2D eigenvalue weighted by molar-refractivity contribution is 0.284. The molecule has 0 aliphatic carbocycles. The number of para-hydroxylation sites is 2. The van der Waals surface area contributed by atoms with Gasteiger partial charge in [0.1, 0.15) is 5.69 Å². The highest BCUT2D eigenvalue weighted by Gasteiger charge is 2.13. The van der Waals surface area contributed by atoms with Crippen LogP contribution in [-0.4, -0.2) is 21.0 Å². The maximum absolute atomic E-state index is 12.6. The molecule has 0 saturated carbocycles. The Bertz CT molecular complexity index is 941. The highest BCUT2D eigenvalue weighted by molar-refractivity contribution is 5.74. The SMILES string of the molecule is Cn1c(=O)c(CN(CC#N)Cc2ccccc2)nc2ccccc21. The molecule has 0 atom stereocenters. The van der Waals surface area contributed by atoms with E-state index < -0.39 is 0 Å². The van der Waals surface area contributed by atoms with Crippen molar-refractivity contribution in [3.05, 3.63) is 76.2 Å². The smallest absolute Gasteiger partial charge is 0.273 e. The molecule has 5 heteroatoms. The molecule has 1 aromatic heterocycles. The molecular weight excluding hydrogens is 300 g/mol. The van der Waals surface area contributed by atoms with E-state index in [1.165, 1.54) is 0 Å². The minimum absolute atomic E-state index is 0.121. The third kappa shape index (κ3) is 3.34. The minimum Gasteiger partial charge on any atom is -0.308 e. The van der Waals surface area contributed by atoms with Crippen molar-refractivity contribution in [1.82, 2.24) is 14.5 Å². The topological polar surface area (TPSA) is 61.9 Å². The van der Waals surface area contributed by atoms with E-state index in [0.717, 1.165) is 16.6 Å². The van der Waals surface area contributed by atoms with Crippen LogP contribution in [0.3, 0.4) is 0 Å². The molecule has 5 nitrogen and oxygen atoms in total. The van der Waals surface area contributed by atoms with Crippen LogP contribution in [0.4, 0.5) is 0 Å². The molecule has 0 spiro atoms. The number of hydrogen-bond donors (Lipinski definition) is 0. The van der Waals surface area contributed by atoms with E-state index in [2.05, 4.69) is 11.1 Å². The molecule has 0 fully saturated rings. The van der Waals surface area contributed by atoms with Gasteiger partial charge in [0, 0.05) is 20.1 Å². The van der Waals surface area contributed by atoms with Gasteiger partial charge in [-0.3, -0.25) is 9.69 Å². The Morgan fingerprint density at radius 3 is 2.54 bits per heavy atom. The van der Waals surface area contributed by atoms with Crippen molar-refractivity contribution < 1.29 is 0 Å². The molecule has 0 radical (unpaired) electrons. The van der Waals surface area contributed by atoms with E-state index in [1.54, 1.807) is 11.6 Å². The van der Waals surface area contributed by atoms with E-state index >= 15 is 0 Å². The second-order valence-corrected chi connectivity index (χ2v) is 5.70.